The second-order valence-electron chi connectivity index (χ2n) is 6.69. The van der Waals surface area contributed by atoms with Crippen molar-refractivity contribution >= 4 is 74.5 Å². The predicted octanol–water partition coefficient (Wildman–Crippen LogP) is 6.98. The molecule has 0 heterocycles. The summed E-state index contributed by atoms with van der Waals surface area (Å²) in [7, 11) is 0. The van der Waals surface area contributed by atoms with Gasteiger partial charge in [0, 0.05) is 14.3 Å². The van der Waals surface area contributed by atoms with E-state index in [9.17, 15) is 10.1 Å². The summed E-state index contributed by atoms with van der Waals surface area (Å²) >= 11 is 10.5. The summed E-state index contributed by atoms with van der Waals surface area (Å²) in [6, 6.07) is 20.9. The summed E-state index contributed by atoms with van der Waals surface area (Å²) in [4.78, 5) is 12.6. The third-order valence-electron chi connectivity index (χ3n) is 4.39. The Morgan fingerprint density at radius 2 is 1.87 bits per heavy atom. The van der Waals surface area contributed by atoms with Crippen molar-refractivity contribution in [2.24, 2.45) is 0 Å². The van der Waals surface area contributed by atoms with Gasteiger partial charge in [0.2, 0.25) is 0 Å². The van der Waals surface area contributed by atoms with Crippen LogP contribution in [0.2, 0.25) is 5.02 Å². The zero-order chi connectivity index (χ0) is 22.4. The van der Waals surface area contributed by atoms with Crippen molar-refractivity contribution in [1.82, 2.24) is 0 Å². The van der Waals surface area contributed by atoms with Crippen molar-refractivity contribution < 1.29 is 9.53 Å². The topological polar surface area (TPSA) is 62.1 Å². The Hall–Kier alpha value is -2.09. The lowest BCUT2D eigenvalue weighted by Crippen LogP contribution is -2.14. The summed E-state index contributed by atoms with van der Waals surface area (Å²) in [6.07, 6.45) is 1.56. The highest BCUT2D eigenvalue weighted by atomic mass is 127. The first-order valence-electron chi connectivity index (χ1n) is 9.22. The number of hydrogen-bond acceptors (Lipinski definition) is 3. The monoisotopic (exact) mass is 654 g/mol. The summed E-state index contributed by atoms with van der Waals surface area (Å²) < 4.78 is 7.98. The van der Waals surface area contributed by atoms with Crippen LogP contribution in [0.4, 0.5) is 5.69 Å². The fourth-order valence-corrected chi connectivity index (χ4v) is 3.93. The van der Waals surface area contributed by atoms with Gasteiger partial charge in [0.15, 0.2) is 0 Å². The van der Waals surface area contributed by atoms with Gasteiger partial charge < -0.3 is 10.1 Å². The maximum absolute atomic E-state index is 12.6. The van der Waals surface area contributed by atoms with Gasteiger partial charge in [0.05, 0.1) is 3.57 Å². The Kier molecular flexibility index (Phi) is 8.35. The molecule has 0 atom stereocenters. The molecule has 3 rings (SSSR count). The van der Waals surface area contributed by atoms with Gasteiger partial charge in [-0.15, -0.1) is 0 Å². The van der Waals surface area contributed by atoms with Crippen LogP contribution in [0.1, 0.15) is 16.7 Å². The number of nitrogens with one attached hydrogen (secondary N) is 1. The van der Waals surface area contributed by atoms with Crippen molar-refractivity contribution in [3.05, 3.63) is 95.1 Å². The molecule has 4 nitrogen and oxygen atoms in total. The van der Waals surface area contributed by atoms with E-state index in [2.05, 4.69) is 50.5 Å². The van der Waals surface area contributed by atoms with E-state index in [0.29, 0.717) is 17.3 Å². The molecule has 31 heavy (non-hydrogen) atoms. The molecule has 7 heteroatoms. The molecule has 0 aliphatic heterocycles. The molecule has 0 fully saturated rings. The molecule has 0 saturated heterocycles. The van der Waals surface area contributed by atoms with Gasteiger partial charge in [-0.3, -0.25) is 4.79 Å². The minimum atomic E-state index is -0.484. The molecule has 0 radical (unpaired) electrons. The van der Waals surface area contributed by atoms with Crippen LogP contribution in [0, 0.1) is 25.4 Å². The molecule has 0 bridgehead atoms. The molecule has 156 valence electrons. The normalized spacial score (nSPS) is 11.0. The maximum atomic E-state index is 12.6. The van der Waals surface area contributed by atoms with Crippen molar-refractivity contribution in [1.29, 1.82) is 5.26 Å². The van der Waals surface area contributed by atoms with Gasteiger partial charge >= 0.3 is 0 Å². The Bertz CT molecular complexity index is 1190. The Morgan fingerprint density at radius 1 is 1.13 bits per heavy atom. The molecular formula is C24H17ClI2N2O2. The van der Waals surface area contributed by atoms with Crippen LogP contribution in [-0.2, 0) is 11.4 Å². The molecule has 0 aliphatic carbocycles. The first-order valence-corrected chi connectivity index (χ1v) is 11.8. The van der Waals surface area contributed by atoms with E-state index in [-0.39, 0.29) is 5.57 Å². The lowest BCUT2D eigenvalue weighted by Gasteiger charge is -2.10. The Balaban J connectivity index is 1.72. The largest absolute Gasteiger partial charge is 0.488 e. The number of hydrogen-bond donors (Lipinski definition) is 1. The molecule has 0 spiro atoms. The predicted molar refractivity (Wildman–Crippen MR) is 141 cm³/mol. The van der Waals surface area contributed by atoms with Crippen LogP contribution in [0.15, 0.2) is 66.2 Å². The molecule has 0 unspecified atom stereocenters. The number of carbonyl (C=O) groups excluding carboxylic acids is 1. The number of aryl methyl sites for hydroxylation is 1. The zero-order valence-electron chi connectivity index (χ0n) is 16.5. The fraction of sp³-hybridized carbons (Fsp3) is 0.0833. The van der Waals surface area contributed by atoms with Crippen molar-refractivity contribution in [3.8, 4) is 11.8 Å². The average Bonchev–Trinajstić information content (AvgIpc) is 2.75. The number of amides is 1. The highest BCUT2D eigenvalue weighted by Gasteiger charge is 2.12. The lowest BCUT2D eigenvalue weighted by molar-refractivity contribution is -0.112. The van der Waals surface area contributed by atoms with E-state index in [1.54, 1.807) is 18.2 Å². The SMILES string of the molecule is Cc1ccc(Cl)cc1NC(=O)/C(C#N)=C/c1ccc(OCc2ccc(I)cc2)c(I)c1. The quantitative estimate of drug-likeness (QED) is 0.177. The van der Waals surface area contributed by atoms with E-state index < -0.39 is 5.91 Å². The molecule has 3 aromatic carbocycles. The van der Waals surface area contributed by atoms with Gasteiger partial charge in [0.1, 0.15) is 24.0 Å². The molecular weight excluding hydrogens is 638 g/mol. The van der Waals surface area contributed by atoms with Gasteiger partial charge in [-0.25, -0.2) is 0 Å². The second kappa shape index (κ2) is 11.0. The molecule has 1 amide bonds. The van der Waals surface area contributed by atoms with Crippen molar-refractivity contribution in [2.45, 2.75) is 13.5 Å². The van der Waals surface area contributed by atoms with Gasteiger partial charge in [-0.2, -0.15) is 5.26 Å². The van der Waals surface area contributed by atoms with E-state index >= 15 is 0 Å². The van der Waals surface area contributed by atoms with Crippen LogP contribution in [-0.4, -0.2) is 5.91 Å². The average molecular weight is 655 g/mol. The van der Waals surface area contributed by atoms with E-state index in [1.165, 1.54) is 3.57 Å². The van der Waals surface area contributed by atoms with Crippen LogP contribution >= 0.6 is 56.8 Å². The van der Waals surface area contributed by atoms with E-state index in [1.807, 2.05) is 61.5 Å². The van der Waals surface area contributed by atoms with Crippen LogP contribution in [0.3, 0.4) is 0 Å². The van der Waals surface area contributed by atoms with Gasteiger partial charge in [-0.1, -0.05) is 35.9 Å². The van der Waals surface area contributed by atoms with Crippen molar-refractivity contribution in [3.63, 3.8) is 0 Å². The van der Waals surface area contributed by atoms with Gasteiger partial charge in [-0.05, 0) is 111 Å². The fourth-order valence-electron chi connectivity index (χ4n) is 2.70. The number of ether oxygens (including phenoxy) is 1. The summed E-state index contributed by atoms with van der Waals surface area (Å²) in [5.41, 5.74) is 3.26. The molecule has 1 N–H and O–H groups in total. The third kappa shape index (κ3) is 6.69. The van der Waals surface area contributed by atoms with Crippen LogP contribution in [0.5, 0.6) is 5.75 Å². The number of carbonyl (C=O) groups is 1. The van der Waals surface area contributed by atoms with E-state index in [4.69, 9.17) is 16.3 Å². The maximum Gasteiger partial charge on any atom is 0.266 e. The first-order chi connectivity index (χ1) is 14.9. The summed E-state index contributed by atoms with van der Waals surface area (Å²) in [5, 5.41) is 12.7. The summed E-state index contributed by atoms with van der Waals surface area (Å²) in [5.74, 6) is 0.260. The molecule has 3 aromatic rings. The Labute approximate surface area is 213 Å². The highest BCUT2D eigenvalue weighted by Crippen LogP contribution is 2.25. The van der Waals surface area contributed by atoms with Crippen LogP contribution < -0.4 is 10.1 Å². The van der Waals surface area contributed by atoms with E-state index in [0.717, 1.165) is 26.0 Å². The smallest absolute Gasteiger partial charge is 0.266 e. The highest BCUT2D eigenvalue weighted by molar-refractivity contribution is 14.1. The minimum absolute atomic E-state index is 0.00253. The standard InChI is InChI=1S/C24H17ClI2N2O2/c1-15-2-6-19(25)12-22(15)29-24(30)18(13-28)10-17-5-9-23(21(27)11-17)31-14-16-3-7-20(26)8-4-16/h2-12H,14H2,1H3,(H,29,30)/b18-10+. The number of benzene rings is 3. The Morgan fingerprint density at radius 3 is 2.55 bits per heavy atom. The lowest BCUT2D eigenvalue weighted by atomic mass is 10.1. The molecule has 0 saturated carbocycles. The first kappa shape index (κ1) is 23.6. The number of halogens is 3. The number of anilines is 1. The van der Waals surface area contributed by atoms with Crippen LogP contribution in [0.25, 0.3) is 6.08 Å². The minimum Gasteiger partial charge on any atom is -0.488 e. The second-order valence-corrected chi connectivity index (χ2v) is 9.53. The number of rotatable bonds is 6. The number of nitrogens with zero attached hydrogens (tertiary/aromatic N) is 1. The summed E-state index contributed by atoms with van der Waals surface area (Å²) in [6.45, 7) is 2.33. The molecule has 0 aliphatic rings. The zero-order valence-corrected chi connectivity index (χ0v) is 21.5. The van der Waals surface area contributed by atoms with Gasteiger partial charge in [0.25, 0.3) is 5.91 Å². The molecule has 0 aromatic heterocycles. The number of nitriles is 1. The third-order valence-corrected chi connectivity index (χ3v) is 6.18. The van der Waals surface area contributed by atoms with Crippen molar-refractivity contribution in [2.75, 3.05) is 5.32 Å².